The predicted octanol–water partition coefficient (Wildman–Crippen LogP) is 2.32. The Morgan fingerprint density at radius 3 is 2.38 bits per heavy atom. The fourth-order valence-corrected chi connectivity index (χ4v) is 3.20. The lowest BCUT2D eigenvalue weighted by atomic mass is 9.99. The number of anilines is 1. The number of nitrogens with zero attached hydrogens (tertiary/aromatic N) is 1. The molecule has 0 saturated carbocycles. The first-order chi connectivity index (χ1) is 7.75. The predicted molar refractivity (Wildman–Crippen MR) is 60.9 cm³/mol. The molecular formula is C13H16FNO. The van der Waals surface area contributed by atoms with Crippen molar-refractivity contribution in [1.82, 2.24) is 0 Å². The fourth-order valence-electron chi connectivity index (χ4n) is 3.20. The maximum atomic E-state index is 13.7. The molecule has 0 amide bonds. The van der Waals surface area contributed by atoms with E-state index in [0.29, 0.717) is 17.8 Å². The van der Waals surface area contributed by atoms with Gasteiger partial charge in [0.15, 0.2) is 0 Å². The second kappa shape index (κ2) is 3.74. The van der Waals surface area contributed by atoms with E-state index in [9.17, 15) is 9.50 Å². The summed E-state index contributed by atoms with van der Waals surface area (Å²) < 4.78 is 13.7. The van der Waals surface area contributed by atoms with Crippen LogP contribution in [-0.4, -0.2) is 23.3 Å². The Hall–Kier alpha value is -1.09. The zero-order valence-electron chi connectivity index (χ0n) is 9.14. The van der Waals surface area contributed by atoms with Gasteiger partial charge in [-0.1, -0.05) is 12.1 Å². The van der Waals surface area contributed by atoms with Crippen LogP contribution in [-0.2, 0) is 0 Å². The standard InChI is InChI=1S/C13H16FNO/c14-12-3-1-2-4-13(12)15-9-5-6-10(15)8-11(16)7-9/h1-4,9-11,16H,5-8H2. The lowest BCUT2D eigenvalue weighted by Gasteiger charge is -2.39. The number of aliphatic hydroxyl groups is 1. The average Bonchev–Trinajstić information content (AvgIpc) is 2.53. The molecule has 1 aromatic carbocycles. The van der Waals surface area contributed by atoms with Crippen molar-refractivity contribution < 1.29 is 9.50 Å². The van der Waals surface area contributed by atoms with Crippen molar-refractivity contribution in [3.63, 3.8) is 0 Å². The van der Waals surface area contributed by atoms with Crippen LogP contribution < -0.4 is 4.90 Å². The molecule has 2 aliphatic rings. The van der Waals surface area contributed by atoms with E-state index < -0.39 is 0 Å². The Bertz CT molecular complexity index is 381. The van der Waals surface area contributed by atoms with Crippen molar-refractivity contribution in [3.8, 4) is 0 Å². The molecule has 2 aliphatic heterocycles. The van der Waals surface area contributed by atoms with Crippen LogP contribution in [0, 0.1) is 5.82 Å². The molecule has 3 heteroatoms. The molecular weight excluding hydrogens is 205 g/mol. The molecule has 2 bridgehead atoms. The van der Waals surface area contributed by atoms with Gasteiger partial charge in [0.1, 0.15) is 5.82 Å². The Balaban J connectivity index is 1.94. The molecule has 86 valence electrons. The highest BCUT2D eigenvalue weighted by Crippen LogP contribution is 2.40. The number of piperidine rings is 1. The Labute approximate surface area is 94.7 Å². The third kappa shape index (κ3) is 1.50. The Morgan fingerprint density at radius 2 is 1.75 bits per heavy atom. The normalized spacial score (nSPS) is 33.1. The highest BCUT2D eigenvalue weighted by Gasteiger charge is 2.40. The zero-order valence-corrected chi connectivity index (χ0v) is 9.14. The summed E-state index contributed by atoms with van der Waals surface area (Å²) in [5.41, 5.74) is 0.710. The molecule has 1 N–H and O–H groups in total. The average molecular weight is 221 g/mol. The molecule has 0 radical (unpaired) electrons. The molecule has 2 unspecified atom stereocenters. The zero-order chi connectivity index (χ0) is 11.1. The van der Waals surface area contributed by atoms with Crippen LogP contribution in [0.4, 0.5) is 10.1 Å². The molecule has 2 heterocycles. The molecule has 1 aromatic rings. The summed E-state index contributed by atoms with van der Waals surface area (Å²) in [4.78, 5) is 2.18. The van der Waals surface area contributed by atoms with Gasteiger partial charge < -0.3 is 10.0 Å². The van der Waals surface area contributed by atoms with Crippen molar-refractivity contribution >= 4 is 5.69 Å². The van der Waals surface area contributed by atoms with E-state index >= 15 is 0 Å². The lowest BCUT2D eigenvalue weighted by molar-refractivity contribution is 0.126. The van der Waals surface area contributed by atoms with Crippen LogP contribution >= 0.6 is 0 Å². The van der Waals surface area contributed by atoms with Gasteiger partial charge in [-0.3, -0.25) is 0 Å². The summed E-state index contributed by atoms with van der Waals surface area (Å²) in [5.74, 6) is -0.143. The largest absolute Gasteiger partial charge is 0.393 e. The monoisotopic (exact) mass is 221 g/mol. The van der Waals surface area contributed by atoms with Gasteiger partial charge in [0.05, 0.1) is 11.8 Å². The van der Waals surface area contributed by atoms with Gasteiger partial charge in [-0.15, -0.1) is 0 Å². The van der Waals surface area contributed by atoms with Crippen molar-refractivity contribution in [1.29, 1.82) is 0 Å². The summed E-state index contributed by atoms with van der Waals surface area (Å²) >= 11 is 0. The number of aliphatic hydroxyl groups excluding tert-OH is 1. The molecule has 2 atom stereocenters. The summed E-state index contributed by atoms with van der Waals surface area (Å²) in [6.07, 6.45) is 3.53. The molecule has 16 heavy (non-hydrogen) atoms. The van der Waals surface area contributed by atoms with Crippen LogP contribution in [0.15, 0.2) is 24.3 Å². The quantitative estimate of drug-likeness (QED) is 0.786. The molecule has 2 saturated heterocycles. The minimum Gasteiger partial charge on any atom is -0.393 e. The van der Waals surface area contributed by atoms with Crippen LogP contribution in [0.5, 0.6) is 0 Å². The SMILES string of the molecule is OC1CC2CCC(C1)N2c1ccccc1F. The number of hydrogen-bond donors (Lipinski definition) is 1. The first kappa shape index (κ1) is 10.1. The van der Waals surface area contributed by atoms with E-state index in [1.807, 2.05) is 12.1 Å². The van der Waals surface area contributed by atoms with Gasteiger partial charge in [-0.25, -0.2) is 4.39 Å². The van der Waals surface area contributed by atoms with Gasteiger partial charge in [0, 0.05) is 12.1 Å². The van der Waals surface area contributed by atoms with Gasteiger partial charge in [0.2, 0.25) is 0 Å². The topological polar surface area (TPSA) is 23.5 Å². The number of rotatable bonds is 1. The molecule has 3 rings (SSSR count). The number of hydrogen-bond acceptors (Lipinski definition) is 2. The minimum atomic E-state index is -0.194. The third-order valence-corrected chi connectivity index (χ3v) is 3.84. The summed E-state index contributed by atoms with van der Waals surface area (Å²) in [5, 5.41) is 9.70. The van der Waals surface area contributed by atoms with Crippen LogP contribution in [0.2, 0.25) is 0 Å². The number of fused-ring (bicyclic) bond motifs is 2. The second-order valence-electron chi connectivity index (χ2n) is 4.87. The molecule has 2 fully saturated rings. The fraction of sp³-hybridized carbons (Fsp3) is 0.538. The summed E-state index contributed by atoms with van der Waals surface area (Å²) in [6, 6.07) is 7.61. The van der Waals surface area contributed by atoms with Crippen LogP contribution in [0.3, 0.4) is 0 Å². The molecule has 0 aromatic heterocycles. The van der Waals surface area contributed by atoms with E-state index in [0.717, 1.165) is 25.7 Å². The lowest BCUT2D eigenvalue weighted by Crippen LogP contribution is -2.45. The van der Waals surface area contributed by atoms with Crippen molar-refractivity contribution in [2.45, 2.75) is 43.9 Å². The number of para-hydroxylation sites is 1. The Morgan fingerprint density at radius 1 is 1.12 bits per heavy atom. The number of benzene rings is 1. The molecule has 0 aliphatic carbocycles. The minimum absolute atomic E-state index is 0.143. The van der Waals surface area contributed by atoms with E-state index in [1.54, 1.807) is 6.07 Å². The first-order valence-corrected chi connectivity index (χ1v) is 5.96. The smallest absolute Gasteiger partial charge is 0.146 e. The van der Waals surface area contributed by atoms with Crippen molar-refractivity contribution in [2.75, 3.05) is 4.90 Å². The maximum Gasteiger partial charge on any atom is 0.146 e. The molecule has 0 spiro atoms. The van der Waals surface area contributed by atoms with Crippen LogP contribution in [0.1, 0.15) is 25.7 Å². The highest BCUT2D eigenvalue weighted by atomic mass is 19.1. The van der Waals surface area contributed by atoms with E-state index in [1.165, 1.54) is 6.07 Å². The maximum absolute atomic E-state index is 13.7. The number of halogens is 1. The van der Waals surface area contributed by atoms with E-state index in [4.69, 9.17) is 0 Å². The summed E-state index contributed by atoms with van der Waals surface area (Å²) in [6.45, 7) is 0. The van der Waals surface area contributed by atoms with Gasteiger partial charge in [-0.2, -0.15) is 0 Å². The first-order valence-electron chi connectivity index (χ1n) is 5.96. The van der Waals surface area contributed by atoms with Crippen molar-refractivity contribution in [2.24, 2.45) is 0 Å². The second-order valence-corrected chi connectivity index (χ2v) is 4.87. The Kier molecular flexibility index (Phi) is 2.36. The van der Waals surface area contributed by atoms with Gasteiger partial charge in [0.25, 0.3) is 0 Å². The summed E-state index contributed by atoms with van der Waals surface area (Å²) in [7, 11) is 0. The van der Waals surface area contributed by atoms with Gasteiger partial charge in [-0.05, 0) is 37.8 Å². The van der Waals surface area contributed by atoms with E-state index in [-0.39, 0.29) is 11.9 Å². The van der Waals surface area contributed by atoms with Crippen molar-refractivity contribution in [3.05, 3.63) is 30.1 Å². The van der Waals surface area contributed by atoms with E-state index in [2.05, 4.69) is 4.90 Å². The highest BCUT2D eigenvalue weighted by molar-refractivity contribution is 5.51. The van der Waals surface area contributed by atoms with Gasteiger partial charge >= 0.3 is 0 Å². The molecule has 2 nitrogen and oxygen atoms in total. The van der Waals surface area contributed by atoms with Crippen LogP contribution in [0.25, 0.3) is 0 Å². The third-order valence-electron chi connectivity index (χ3n) is 3.84.